The maximum atomic E-state index is 13.1. The van der Waals surface area contributed by atoms with Crippen LogP contribution in [-0.2, 0) is 4.79 Å². The molecule has 164 valence electrons. The number of nitrogens with zero attached hydrogens (tertiary/aromatic N) is 3. The van der Waals surface area contributed by atoms with E-state index >= 15 is 0 Å². The number of aromatic nitrogens is 1. The van der Waals surface area contributed by atoms with Gasteiger partial charge in [0.2, 0.25) is 0 Å². The highest BCUT2D eigenvalue weighted by Gasteiger charge is 2.36. The third-order valence-electron chi connectivity index (χ3n) is 5.21. The van der Waals surface area contributed by atoms with Crippen LogP contribution >= 0.6 is 34.5 Å². The first kappa shape index (κ1) is 22.0. The molecule has 1 amide bonds. The van der Waals surface area contributed by atoms with Crippen LogP contribution in [0.4, 0.5) is 5.13 Å². The lowest BCUT2D eigenvalue weighted by Crippen LogP contribution is -2.55. The smallest absolute Gasteiger partial charge is 0.266 e. The molecule has 0 radical (unpaired) electrons. The number of ether oxygens (including phenoxy) is 2. The first-order valence-corrected chi connectivity index (χ1v) is 11.5. The van der Waals surface area contributed by atoms with Gasteiger partial charge in [0.25, 0.3) is 5.91 Å². The highest BCUT2D eigenvalue weighted by Crippen LogP contribution is 2.39. The van der Waals surface area contributed by atoms with Crippen molar-refractivity contribution in [2.75, 3.05) is 38.2 Å². The van der Waals surface area contributed by atoms with E-state index in [4.69, 9.17) is 37.7 Å². The zero-order chi connectivity index (χ0) is 22.2. The van der Waals surface area contributed by atoms with Gasteiger partial charge < -0.3 is 19.3 Å². The van der Waals surface area contributed by atoms with Gasteiger partial charge >= 0.3 is 0 Å². The minimum absolute atomic E-state index is 0.0453. The molecule has 2 aromatic carbocycles. The molecular weight excluding hydrogens is 457 g/mol. The van der Waals surface area contributed by atoms with Gasteiger partial charge in [0.15, 0.2) is 10.7 Å². The van der Waals surface area contributed by atoms with E-state index in [1.165, 1.54) is 0 Å². The van der Waals surface area contributed by atoms with Gasteiger partial charge in [0.05, 0.1) is 16.8 Å². The lowest BCUT2D eigenvalue weighted by atomic mass is 10.1. The zero-order valence-corrected chi connectivity index (χ0v) is 19.9. The summed E-state index contributed by atoms with van der Waals surface area (Å²) in [5.74, 6) is 1.27. The normalized spacial score (nSPS) is 14.7. The van der Waals surface area contributed by atoms with Crippen LogP contribution in [0.5, 0.6) is 11.5 Å². The number of amides is 1. The number of hydrogen-bond donors (Lipinski definition) is 0. The summed E-state index contributed by atoms with van der Waals surface area (Å²) in [4.78, 5) is 21.9. The Morgan fingerprint density at radius 2 is 1.74 bits per heavy atom. The molecule has 4 rings (SSSR count). The molecule has 1 aromatic heterocycles. The van der Waals surface area contributed by atoms with Gasteiger partial charge in [-0.15, -0.1) is 0 Å². The van der Waals surface area contributed by atoms with E-state index in [1.807, 2.05) is 17.0 Å². The second kappa shape index (κ2) is 8.73. The molecule has 0 spiro atoms. The average molecular weight is 480 g/mol. The average Bonchev–Trinajstić information content (AvgIpc) is 3.22. The number of halogens is 2. The molecule has 31 heavy (non-hydrogen) atoms. The van der Waals surface area contributed by atoms with Gasteiger partial charge in [0.1, 0.15) is 17.0 Å². The summed E-state index contributed by atoms with van der Waals surface area (Å²) in [6.07, 6.45) is 0. The van der Waals surface area contributed by atoms with Crippen molar-refractivity contribution >= 4 is 55.8 Å². The number of benzene rings is 2. The molecule has 1 aliphatic rings. The fraction of sp³-hybridized carbons (Fsp3) is 0.364. The van der Waals surface area contributed by atoms with Crippen LogP contribution in [-0.4, -0.2) is 54.7 Å². The maximum absolute atomic E-state index is 13.1. The predicted molar refractivity (Wildman–Crippen MR) is 126 cm³/mol. The van der Waals surface area contributed by atoms with Crippen molar-refractivity contribution in [1.82, 2.24) is 9.88 Å². The SMILES string of the molecule is COc1ccc(Cl)c2sc(N3CCN(C(=O)C(C)(C)Oc4ccc(Cl)cc4)CC3)nc12. The van der Waals surface area contributed by atoms with Gasteiger partial charge in [0, 0.05) is 31.2 Å². The third kappa shape index (κ3) is 4.54. The van der Waals surface area contributed by atoms with Gasteiger partial charge in [-0.1, -0.05) is 34.5 Å². The number of hydrogen-bond acceptors (Lipinski definition) is 6. The molecule has 0 aliphatic carbocycles. The van der Waals surface area contributed by atoms with E-state index in [2.05, 4.69) is 4.90 Å². The lowest BCUT2D eigenvalue weighted by molar-refractivity contribution is -0.145. The lowest BCUT2D eigenvalue weighted by Gasteiger charge is -2.38. The number of rotatable bonds is 5. The highest BCUT2D eigenvalue weighted by molar-refractivity contribution is 7.22. The number of anilines is 1. The summed E-state index contributed by atoms with van der Waals surface area (Å²) < 4.78 is 12.3. The maximum Gasteiger partial charge on any atom is 0.266 e. The fourth-order valence-electron chi connectivity index (χ4n) is 3.56. The van der Waals surface area contributed by atoms with Crippen molar-refractivity contribution in [3.05, 3.63) is 46.4 Å². The Labute approximate surface area is 195 Å². The molecule has 9 heteroatoms. The molecule has 0 N–H and O–H groups in total. The van der Waals surface area contributed by atoms with E-state index in [0.717, 1.165) is 15.3 Å². The van der Waals surface area contributed by atoms with Crippen molar-refractivity contribution in [2.24, 2.45) is 0 Å². The number of methoxy groups -OCH3 is 1. The Bertz CT molecular complexity index is 1090. The van der Waals surface area contributed by atoms with Crippen LogP contribution in [0.25, 0.3) is 10.2 Å². The number of carbonyl (C=O) groups excluding carboxylic acids is 1. The van der Waals surface area contributed by atoms with E-state index in [1.54, 1.807) is 56.6 Å². The molecule has 1 fully saturated rings. The summed E-state index contributed by atoms with van der Waals surface area (Å²) in [6.45, 7) is 6.13. The zero-order valence-electron chi connectivity index (χ0n) is 17.5. The Morgan fingerprint density at radius 1 is 1.06 bits per heavy atom. The van der Waals surface area contributed by atoms with Crippen LogP contribution < -0.4 is 14.4 Å². The minimum Gasteiger partial charge on any atom is -0.494 e. The van der Waals surface area contributed by atoms with Gasteiger partial charge in [-0.25, -0.2) is 4.98 Å². The molecule has 3 aromatic rings. The van der Waals surface area contributed by atoms with E-state index in [0.29, 0.717) is 47.7 Å². The van der Waals surface area contributed by atoms with Gasteiger partial charge in [-0.05, 0) is 50.2 Å². The van der Waals surface area contributed by atoms with Crippen molar-refractivity contribution in [1.29, 1.82) is 0 Å². The van der Waals surface area contributed by atoms with Crippen LogP contribution in [0.15, 0.2) is 36.4 Å². The predicted octanol–water partition coefficient (Wildman–Crippen LogP) is 5.12. The Morgan fingerprint density at radius 3 is 2.39 bits per heavy atom. The Balaban J connectivity index is 1.43. The molecular formula is C22H23Cl2N3O3S. The van der Waals surface area contributed by atoms with E-state index in [-0.39, 0.29) is 5.91 Å². The van der Waals surface area contributed by atoms with Crippen molar-refractivity contribution in [2.45, 2.75) is 19.4 Å². The van der Waals surface area contributed by atoms with Crippen molar-refractivity contribution in [3.8, 4) is 11.5 Å². The summed E-state index contributed by atoms with van der Waals surface area (Å²) in [7, 11) is 1.62. The first-order valence-electron chi connectivity index (χ1n) is 9.90. The largest absolute Gasteiger partial charge is 0.494 e. The van der Waals surface area contributed by atoms with Crippen LogP contribution in [0.3, 0.4) is 0 Å². The molecule has 2 heterocycles. The topological polar surface area (TPSA) is 54.9 Å². The summed E-state index contributed by atoms with van der Waals surface area (Å²) in [5.41, 5.74) is -0.210. The minimum atomic E-state index is -0.979. The standard InChI is InChI=1S/C22H23Cl2N3O3S/c1-22(2,30-15-6-4-14(23)5-7-15)20(28)26-10-12-27(13-11-26)21-25-18-17(29-3)9-8-16(24)19(18)31-21/h4-9H,10-13H2,1-3H3. The molecule has 0 atom stereocenters. The van der Waals surface area contributed by atoms with Crippen LogP contribution in [0.2, 0.25) is 10.0 Å². The molecule has 6 nitrogen and oxygen atoms in total. The number of carbonyl (C=O) groups is 1. The molecule has 1 saturated heterocycles. The van der Waals surface area contributed by atoms with Gasteiger partial charge in [-0.2, -0.15) is 0 Å². The quantitative estimate of drug-likeness (QED) is 0.508. The van der Waals surface area contributed by atoms with E-state index in [9.17, 15) is 4.79 Å². The van der Waals surface area contributed by atoms with Crippen LogP contribution in [0.1, 0.15) is 13.8 Å². The fourth-order valence-corrected chi connectivity index (χ4v) is 5.00. The van der Waals surface area contributed by atoms with Crippen molar-refractivity contribution in [3.63, 3.8) is 0 Å². The van der Waals surface area contributed by atoms with Gasteiger partial charge in [-0.3, -0.25) is 4.79 Å². The van der Waals surface area contributed by atoms with Crippen LogP contribution in [0, 0.1) is 0 Å². The Kier molecular flexibility index (Phi) is 6.19. The molecule has 0 unspecified atom stereocenters. The van der Waals surface area contributed by atoms with E-state index < -0.39 is 5.60 Å². The summed E-state index contributed by atoms with van der Waals surface area (Å²) >= 11 is 13.8. The Hall–Kier alpha value is -2.22. The number of fused-ring (bicyclic) bond motifs is 1. The highest BCUT2D eigenvalue weighted by atomic mass is 35.5. The third-order valence-corrected chi connectivity index (χ3v) is 7.03. The second-order valence-electron chi connectivity index (χ2n) is 7.77. The summed E-state index contributed by atoms with van der Waals surface area (Å²) in [5, 5.41) is 2.17. The van der Waals surface area contributed by atoms with Crippen molar-refractivity contribution < 1.29 is 14.3 Å². The molecule has 0 saturated carbocycles. The molecule has 0 bridgehead atoms. The summed E-state index contributed by atoms with van der Waals surface area (Å²) in [6, 6.07) is 10.7. The molecule has 1 aliphatic heterocycles. The number of piperazine rings is 1. The monoisotopic (exact) mass is 479 g/mol. The number of thiazole rings is 1. The second-order valence-corrected chi connectivity index (χ2v) is 9.59. The first-order chi connectivity index (χ1) is 14.8.